The highest BCUT2D eigenvalue weighted by molar-refractivity contribution is 6.35. The van der Waals surface area contributed by atoms with E-state index in [-0.39, 0.29) is 5.91 Å². The molecule has 1 aliphatic heterocycles. The number of amides is 1. The number of hydrogen-bond donors (Lipinski definition) is 1. The molecule has 1 amide bonds. The van der Waals surface area contributed by atoms with Crippen molar-refractivity contribution in [1.29, 1.82) is 0 Å². The Morgan fingerprint density at radius 3 is 2.25 bits per heavy atom. The van der Waals surface area contributed by atoms with Crippen LogP contribution in [0.3, 0.4) is 0 Å². The molecule has 0 atom stereocenters. The van der Waals surface area contributed by atoms with E-state index in [1.807, 2.05) is 104 Å². The number of aliphatic imine (C=N–C) groups is 1. The molecule has 0 aromatic heterocycles. The van der Waals surface area contributed by atoms with E-state index in [0.29, 0.717) is 17.0 Å². The minimum atomic E-state index is -0.163. The molecule has 138 valence electrons. The van der Waals surface area contributed by atoms with Gasteiger partial charge in [0.15, 0.2) is 0 Å². The summed E-state index contributed by atoms with van der Waals surface area (Å²) in [4.78, 5) is 20.0. The third-order valence-corrected chi connectivity index (χ3v) is 4.65. The first-order valence-electron chi connectivity index (χ1n) is 9.16. The minimum Gasteiger partial charge on any atom is -0.378 e. The van der Waals surface area contributed by atoms with Gasteiger partial charge in [0.2, 0.25) is 0 Å². The number of carbonyl (C=O) groups excluding carboxylic acids is 1. The molecule has 4 heteroatoms. The number of nitrogens with one attached hydrogen (secondary N) is 1. The molecule has 1 aliphatic rings. The first kappa shape index (κ1) is 17.7. The van der Waals surface area contributed by atoms with E-state index in [4.69, 9.17) is 4.99 Å². The van der Waals surface area contributed by atoms with Crippen molar-refractivity contribution in [3.63, 3.8) is 0 Å². The fourth-order valence-corrected chi connectivity index (χ4v) is 3.14. The topological polar surface area (TPSA) is 44.7 Å². The van der Waals surface area contributed by atoms with Gasteiger partial charge in [-0.25, -0.2) is 4.99 Å². The van der Waals surface area contributed by atoms with Crippen LogP contribution in [0.25, 0.3) is 6.08 Å². The fourth-order valence-electron chi connectivity index (χ4n) is 3.14. The Labute approximate surface area is 164 Å². The zero-order valence-electron chi connectivity index (χ0n) is 15.9. The molecule has 1 heterocycles. The minimum absolute atomic E-state index is 0.163. The Morgan fingerprint density at radius 2 is 1.54 bits per heavy atom. The van der Waals surface area contributed by atoms with Crippen LogP contribution in [-0.4, -0.2) is 25.7 Å². The molecule has 1 N–H and O–H groups in total. The number of para-hydroxylation sites is 2. The number of rotatable bonds is 3. The average molecular weight is 367 g/mol. The fraction of sp³-hybridized carbons (Fsp3) is 0.0833. The number of fused-ring (bicyclic) bond motifs is 1. The molecule has 0 bridgehead atoms. The van der Waals surface area contributed by atoms with Crippen LogP contribution in [0.4, 0.5) is 17.1 Å². The van der Waals surface area contributed by atoms with Crippen molar-refractivity contribution in [2.24, 2.45) is 4.99 Å². The largest absolute Gasteiger partial charge is 0.378 e. The van der Waals surface area contributed by atoms with Crippen molar-refractivity contribution in [3.8, 4) is 0 Å². The van der Waals surface area contributed by atoms with Crippen LogP contribution in [0.1, 0.15) is 11.1 Å². The van der Waals surface area contributed by atoms with Gasteiger partial charge in [0.05, 0.1) is 22.7 Å². The number of hydrogen-bond acceptors (Lipinski definition) is 3. The lowest BCUT2D eigenvalue weighted by molar-refractivity contribution is -0.112. The molecular weight excluding hydrogens is 346 g/mol. The molecule has 0 fully saturated rings. The highest BCUT2D eigenvalue weighted by Crippen LogP contribution is 2.31. The van der Waals surface area contributed by atoms with Crippen molar-refractivity contribution in [3.05, 3.63) is 95.6 Å². The molecule has 3 aromatic rings. The smallest absolute Gasteiger partial charge is 0.257 e. The van der Waals surface area contributed by atoms with Crippen LogP contribution in [0.2, 0.25) is 0 Å². The summed E-state index contributed by atoms with van der Waals surface area (Å²) in [6.45, 7) is 0. The summed E-state index contributed by atoms with van der Waals surface area (Å²) in [5.41, 5.74) is 5.64. The number of benzene rings is 3. The zero-order valence-corrected chi connectivity index (χ0v) is 15.9. The molecule has 28 heavy (non-hydrogen) atoms. The molecule has 4 rings (SSSR count). The van der Waals surface area contributed by atoms with Gasteiger partial charge >= 0.3 is 0 Å². The highest BCUT2D eigenvalue weighted by atomic mass is 16.1. The van der Waals surface area contributed by atoms with Crippen molar-refractivity contribution in [2.75, 3.05) is 24.3 Å². The zero-order chi connectivity index (χ0) is 19.5. The monoisotopic (exact) mass is 367 g/mol. The van der Waals surface area contributed by atoms with E-state index < -0.39 is 0 Å². The first-order chi connectivity index (χ1) is 13.6. The molecular formula is C24H21N3O. The van der Waals surface area contributed by atoms with Crippen LogP contribution in [-0.2, 0) is 4.79 Å². The Bertz CT molecular complexity index is 1060. The summed E-state index contributed by atoms with van der Waals surface area (Å²) in [6.07, 6.45) is 1.90. The lowest BCUT2D eigenvalue weighted by Gasteiger charge is -2.12. The maximum Gasteiger partial charge on any atom is 0.257 e. The number of carbonyl (C=O) groups is 1. The molecule has 4 nitrogen and oxygen atoms in total. The molecule has 0 aliphatic carbocycles. The van der Waals surface area contributed by atoms with Gasteiger partial charge in [0, 0.05) is 25.3 Å². The van der Waals surface area contributed by atoms with Crippen molar-refractivity contribution >= 4 is 34.8 Å². The van der Waals surface area contributed by atoms with Gasteiger partial charge in [-0.15, -0.1) is 0 Å². The van der Waals surface area contributed by atoms with Crippen molar-refractivity contribution in [2.45, 2.75) is 0 Å². The van der Waals surface area contributed by atoms with Gasteiger partial charge in [0.25, 0.3) is 5.91 Å². The Morgan fingerprint density at radius 1 is 0.857 bits per heavy atom. The van der Waals surface area contributed by atoms with Crippen molar-refractivity contribution in [1.82, 2.24) is 0 Å². The van der Waals surface area contributed by atoms with Gasteiger partial charge in [-0.1, -0.05) is 54.6 Å². The number of nitrogens with zero attached hydrogens (tertiary/aromatic N) is 2. The maximum absolute atomic E-state index is 13.1. The van der Waals surface area contributed by atoms with Crippen LogP contribution < -0.4 is 10.2 Å². The Balaban J connectivity index is 1.85. The van der Waals surface area contributed by atoms with Gasteiger partial charge in [-0.05, 0) is 35.9 Å². The predicted octanol–water partition coefficient (Wildman–Crippen LogP) is 4.91. The van der Waals surface area contributed by atoms with Crippen LogP contribution in [0, 0.1) is 0 Å². The third kappa shape index (κ3) is 3.58. The molecule has 0 saturated carbocycles. The predicted molar refractivity (Wildman–Crippen MR) is 116 cm³/mol. The van der Waals surface area contributed by atoms with Crippen molar-refractivity contribution < 1.29 is 4.79 Å². The normalized spacial score (nSPS) is 14.7. The van der Waals surface area contributed by atoms with Crippen LogP contribution >= 0.6 is 0 Å². The van der Waals surface area contributed by atoms with Crippen LogP contribution in [0.15, 0.2) is 89.4 Å². The van der Waals surface area contributed by atoms with Gasteiger partial charge in [0.1, 0.15) is 0 Å². The summed E-state index contributed by atoms with van der Waals surface area (Å²) in [5.74, 6) is -0.163. The lowest BCUT2D eigenvalue weighted by Crippen LogP contribution is -2.19. The molecule has 0 unspecified atom stereocenters. The molecule has 0 saturated heterocycles. The standard InChI is InChI=1S/C24H21N3O/c1-27(2)19-14-12-17(13-15-19)16-20-23(18-8-4-3-5-9-18)25-21-10-6-7-11-22(21)26-24(20)28/h3-16H,1-2H3,(H,26,28). The summed E-state index contributed by atoms with van der Waals surface area (Å²) in [7, 11) is 4.01. The Kier molecular flexibility index (Phi) is 4.77. The lowest BCUT2D eigenvalue weighted by atomic mass is 9.99. The Hall–Kier alpha value is -3.66. The number of anilines is 2. The third-order valence-electron chi connectivity index (χ3n) is 4.65. The van der Waals surface area contributed by atoms with Gasteiger partial charge < -0.3 is 10.2 Å². The van der Waals surface area contributed by atoms with E-state index in [9.17, 15) is 4.79 Å². The van der Waals surface area contributed by atoms with E-state index in [2.05, 4.69) is 5.32 Å². The average Bonchev–Trinajstić information content (AvgIpc) is 2.85. The second kappa shape index (κ2) is 7.53. The van der Waals surface area contributed by atoms with E-state index in [0.717, 1.165) is 22.5 Å². The molecule has 3 aromatic carbocycles. The van der Waals surface area contributed by atoms with E-state index in [1.54, 1.807) is 0 Å². The highest BCUT2D eigenvalue weighted by Gasteiger charge is 2.23. The molecule has 0 spiro atoms. The molecule has 0 radical (unpaired) electrons. The van der Waals surface area contributed by atoms with Gasteiger partial charge in [-0.2, -0.15) is 0 Å². The van der Waals surface area contributed by atoms with Gasteiger partial charge in [-0.3, -0.25) is 4.79 Å². The summed E-state index contributed by atoms with van der Waals surface area (Å²) >= 11 is 0. The SMILES string of the molecule is CN(C)c1ccc(C=C2C(=O)Nc3ccccc3N=C2c2ccccc2)cc1. The maximum atomic E-state index is 13.1. The first-order valence-corrected chi connectivity index (χ1v) is 9.16. The van der Waals surface area contributed by atoms with Crippen LogP contribution in [0.5, 0.6) is 0 Å². The quantitative estimate of drug-likeness (QED) is 0.669. The second-order valence-electron chi connectivity index (χ2n) is 6.84. The van der Waals surface area contributed by atoms with E-state index >= 15 is 0 Å². The summed E-state index contributed by atoms with van der Waals surface area (Å²) in [5, 5.41) is 2.99. The second-order valence-corrected chi connectivity index (χ2v) is 6.84. The summed E-state index contributed by atoms with van der Waals surface area (Å²) < 4.78 is 0. The summed E-state index contributed by atoms with van der Waals surface area (Å²) in [6, 6.07) is 25.5. The van der Waals surface area contributed by atoms with E-state index in [1.165, 1.54) is 0 Å².